The van der Waals surface area contributed by atoms with Gasteiger partial charge >= 0.3 is 5.63 Å². The highest BCUT2D eigenvalue weighted by molar-refractivity contribution is 7.11. The molecule has 0 aliphatic heterocycles. The number of aromatic hydroxyl groups is 1. The van der Waals surface area contributed by atoms with E-state index in [1.165, 1.54) is 35.8 Å². The first kappa shape index (κ1) is 29.2. The molecule has 0 aliphatic carbocycles. The lowest BCUT2D eigenvalue weighted by Gasteiger charge is -2.06. The molecule has 0 aromatic carbocycles. The third kappa shape index (κ3) is 10.9. The van der Waals surface area contributed by atoms with Gasteiger partial charge in [0, 0.05) is 28.2 Å². The zero-order valence-electron chi connectivity index (χ0n) is 21.3. The van der Waals surface area contributed by atoms with Crippen molar-refractivity contribution in [1.29, 1.82) is 0 Å². The summed E-state index contributed by atoms with van der Waals surface area (Å²) in [5.41, 5.74) is -1.06. The van der Waals surface area contributed by atoms with Crippen molar-refractivity contribution in [3.05, 3.63) is 74.4 Å². The third-order valence-corrected chi connectivity index (χ3v) is 5.98. The van der Waals surface area contributed by atoms with Gasteiger partial charge in [0.05, 0.1) is 7.11 Å². The lowest BCUT2D eigenvalue weighted by Crippen LogP contribution is -2.19. The Bertz CT molecular complexity index is 1000. The summed E-state index contributed by atoms with van der Waals surface area (Å²) in [5, 5.41) is 12.7. The van der Waals surface area contributed by atoms with Crippen LogP contribution in [0.4, 0.5) is 0 Å². The maximum atomic E-state index is 11.9. The fourth-order valence-corrected chi connectivity index (χ4v) is 3.81. The fourth-order valence-electron chi connectivity index (χ4n) is 2.91. The Balaban J connectivity index is 0.000000437. The van der Waals surface area contributed by atoms with Crippen LogP contribution in [-0.4, -0.2) is 18.0 Å². The summed E-state index contributed by atoms with van der Waals surface area (Å²) in [6, 6.07) is 5.80. The summed E-state index contributed by atoms with van der Waals surface area (Å²) in [5.74, 6) is 0.517. The molecule has 7 heteroatoms. The largest absolute Gasteiger partial charge is 0.507 e. The van der Waals surface area contributed by atoms with Gasteiger partial charge in [-0.25, -0.2) is 4.79 Å². The van der Waals surface area contributed by atoms with E-state index in [-0.39, 0.29) is 17.2 Å². The Morgan fingerprint density at radius 3 is 2.50 bits per heavy atom. The number of carbonyl (C=O) groups is 1. The van der Waals surface area contributed by atoms with Crippen LogP contribution in [0.5, 0.6) is 5.75 Å². The quantitative estimate of drug-likeness (QED) is 0.204. The molecule has 188 valence electrons. The second-order valence-corrected chi connectivity index (χ2v) is 10.2. The van der Waals surface area contributed by atoms with Crippen LogP contribution >= 0.6 is 11.3 Å². The molecule has 2 rings (SSSR count). The molecule has 0 atom stereocenters. The van der Waals surface area contributed by atoms with Gasteiger partial charge in [0.2, 0.25) is 0 Å². The summed E-state index contributed by atoms with van der Waals surface area (Å²) >= 11 is 1.93. The van der Waals surface area contributed by atoms with Gasteiger partial charge in [-0.15, -0.1) is 11.3 Å². The van der Waals surface area contributed by atoms with Crippen LogP contribution in [0.3, 0.4) is 0 Å². The molecule has 0 saturated heterocycles. The van der Waals surface area contributed by atoms with Crippen LogP contribution < -0.4 is 10.9 Å². The number of ketones is 1. The van der Waals surface area contributed by atoms with Crippen molar-refractivity contribution in [1.82, 2.24) is 5.32 Å². The number of hydrogen-bond donors (Lipinski definition) is 2. The van der Waals surface area contributed by atoms with Crippen molar-refractivity contribution in [3.8, 4) is 5.75 Å². The van der Waals surface area contributed by atoms with Crippen LogP contribution in [-0.2, 0) is 17.6 Å². The second-order valence-electron chi connectivity index (χ2n) is 8.79. The van der Waals surface area contributed by atoms with Gasteiger partial charge in [0.25, 0.3) is 0 Å². The maximum absolute atomic E-state index is 11.9. The van der Waals surface area contributed by atoms with E-state index in [2.05, 4.69) is 44.8 Å². The fraction of sp³-hybridized carbons (Fsp3) is 0.481. The van der Waals surface area contributed by atoms with Crippen molar-refractivity contribution in [2.24, 2.45) is 11.8 Å². The predicted octanol–water partition coefficient (Wildman–Crippen LogP) is 6.37. The van der Waals surface area contributed by atoms with Gasteiger partial charge in [-0.05, 0) is 63.4 Å². The number of allylic oxidation sites excluding steroid dienone is 1. The highest BCUT2D eigenvalue weighted by Crippen LogP contribution is 2.20. The van der Waals surface area contributed by atoms with Crippen molar-refractivity contribution in [3.63, 3.8) is 0 Å². The van der Waals surface area contributed by atoms with Crippen LogP contribution in [0.25, 0.3) is 0 Å². The molecule has 0 radical (unpaired) electrons. The topological polar surface area (TPSA) is 88.8 Å². The molecule has 0 amide bonds. The molecule has 2 heterocycles. The average molecular weight is 490 g/mol. The molecule has 2 aromatic rings. The Morgan fingerprint density at radius 1 is 1.26 bits per heavy atom. The zero-order chi connectivity index (χ0) is 25.7. The molecule has 34 heavy (non-hydrogen) atoms. The predicted molar refractivity (Wildman–Crippen MR) is 139 cm³/mol. The second kappa shape index (κ2) is 15.2. The van der Waals surface area contributed by atoms with Crippen LogP contribution in [0, 0.1) is 18.8 Å². The van der Waals surface area contributed by atoms with Gasteiger partial charge < -0.3 is 19.6 Å². The molecule has 0 unspecified atom stereocenters. The van der Waals surface area contributed by atoms with E-state index in [1.54, 1.807) is 20.0 Å². The number of carbonyl (C=O) groups excluding carboxylic acids is 1. The maximum Gasteiger partial charge on any atom is 0.350 e. The lowest BCUT2D eigenvalue weighted by molar-refractivity contribution is 0.0931. The van der Waals surface area contributed by atoms with Crippen molar-refractivity contribution in [2.45, 2.75) is 66.7 Å². The molecular weight excluding hydrogens is 450 g/mol. The van der Waals surface area contributed by atoms with Gasteiger partial charge in [-0.1, -0.05) is 33.8 Å². The van der Waals surface area contributed by atoms with Crippen LogP contribution in [0.15, 0.2) is 52.1 Å². The average Bonchev–Trinajstić information content (AvgIpc) is 3.19. The minimum Gasteiger partial charge on any atom is -0.507 e. The molecule has 0 aliphatic rings. The molecule has 0 saturated carbocycles. The standard InChI is InChI=1S/C17H23NO5.C10H16S/c1-11(2)16(20)15-14(19)10-13(23-17(15)21)8-6-5-7-9-18-12(3)22-4;1-8(2)4-6-10-7-5-9(3)11-10/h7,9-11,18-19H,3,5-6,8H2,1-2,4H3;5,7-8H,4,6H2,1-3H3/b9-7+;. The Kier molecular flexibility index (Phi) is 13.0. The van der Waals surface area contributed by atoms with E-state index >= 15 is 0 Å². The Morgan fingerprint density at radius 2 is 1.97 bits per heavy atom. The highest BCUT2D eigenvalue weighted by Gasteiger charge is 2.21. The van der Waals surface area contributed by atoms with Crippen LogP contribution in [0.2, 0.25) is 0 Å². The molecule has 0 bridgehead atoms. The number of methoxy groups -OCH3 is 1. The van der Waals surface area contributed by atoms with Crippen molar-refractivity contribution < 1.29 is 19.1 Å². The monoisotopic (exact) mass is 489 g/mol. The van der Waals surface area contributed by atoms with Gasteiger partial charge in [-0.2, -0.15) is 0 Å². The van der Waals surface area contributed by atoms with E-state index in [1.807, 2.05) is 17.4 Å². The third-order valence-electron chi connectivity index (χ3n) is 4.92. The molecule has 2 N–H and O–H groups in total. The van der Waals surface area contributed by atoms with Crippen LogP contribution in [0.1, 0.15) is 72.8 Å². The summed E-state index contributed by atoms with van der Waals surface area (Å²) in [7, 11) is 1.52. The smallest absolute Gasteiger partial charge is 0.350 e. The van der Waals surface area contributed by atoms with E-state index in [4.69, 9.17) is 9.15 Å². The number of thiophene rings is 1. The molecule has 0 spiro atoms. The van der Waals surface area contributed by atoms with Gasteiger partial charge in [0.15, 0.2) is 11.7 Å². The lowest BCUT2D eigenvalue weighted by atomic mass is 10.0. The Labute approximate surface area is 207 Å². The normalized spacial score (nSPS) is 10.9. The first-order chi connectivity index (χ1) is 16.0. The number of hydrogen-bond acceptors (Lipinski definition) is 7. The summed E-state index contributed by atoms with van der Waals surface area (Å²) in [6.07, 6.45) is 8.12. The van der Waals surface area contributed by atoms with E-state index in [9.17, 15) is 14.7 Å². The van der Waals surface area contributed by atoms with Crippen molar-refractivity contribution >= 4 is 17.1 Å². The summed E-state index contributed by atoms with van der Waals surface area (Å²) < 4.78 is 9.95. The van der Waals surface area contributed by atoms with E-state index in [0.717, 1.165) is 18.8 Å². The SMILES string of the molecule is C=C(N/C=C/CCCc1cc(O)c(C(=O)C(C)C)c(=O)o1)OC.Cc1ccc(CCC(C)C)s1. The number of ether oxygens (including phenoxy) is 1. The zero-order valence-corrected chi connectivity index (χ0v) is 22.1. The summed E-state index contributed by atoms with van der Waals surface area (Å²) in [4.78, 5) is 26.7. The van der Waals surface area contributed by atoms with Crippen molar-refractivity contribution in [2.75, 3.05) is 7.11 Å². The first-order valence-corrected chi connectivity index (χ1v) is 12.5. The number of nitrogens with one attached hydrogen (secondary N) is 1. The van der Waals surface area contributed by atoms with Gasteiger partial charge in [0.1, 0.15) is 17.1 Å². The first-order valence-electron chi connectivity index (χ1n) is 11.6. The molecular formula is C27H39NO5S. The summed E-state index contributed by atoms with van der Waals surface area (Å²) in [6.45, 7) is 13.7. The Hall–Kier alpha value is -2.80. The molecule has 0 fully saturated rings. The molecule has 2 aromatic heterocycles. The van der Waals surface area contributed by atoms with E-state index < -0.39 is 11.4 Å². The van der Waals surface area contributed by atoms with Gasteiger partial charge in [-0.3, -0.25) is 4.79 Å². The minimum absolute atomic E-state index is 0.272. The number of aryl methyl sites for hydroxylation is 3. The minimum atomic E-state index is -0.785. The molecule has 6 nitrogen and oxygen atoms in total. The van der Waals surface area contributed by atoms with E-state index in [0.29, 0.717) is 18.1 Å². The number of unbranched alkanes of at least 4 members (excludes halogenated alkanes) is 1. The number of rotatable bonds is 12. The number of Topliss-reactive ketones (excluding diaryl/α,β-unsaturated/α-hetero) is 1. The highest BCUT2D eigenvalue weighted by atomic mass is 32.1.